The normalized spacial score (nSPS) is 15.0. The first-order valence-corrected chi connectivity index (χ1v) is 14.2. The van der Waals surface area contributed by atoms with Crippen molar-refractivity contribution in [2.75, 3.05) is 38.1 Å². The molecular formula is C32H40N6O2. The summed E-state index contributed by atoms with van der Waals surface area (Å²) >= 11 is 0. The minimum absolute atomic E-state index is 0.0708. The monoisotopic (exact) mass is 540 g/mol. The maximum atomic E-state index is 13.7. The molecule has 5 rings (SSSR count). The van der Waals surface area contributed by atoms with E-state index in [0.717, 1.165) is 77.4 Å². The van der Waals surface area contributed by atoms with Gasteiger partial charge in [-0.2, -0.15) is 0 Å². The second kappa shape index (κ2) is 11.3. The number of nitrogens with one attached hydrogen (secondary N) is 2. The van der Waals surface area contributed by atoms with E-state index in [1.165, 1.54) is 0 Å². The molecule has 1 aliphatic heterocycles. The molecule has 0 saturated carbocycles. The molecule has 0 radical (unpaired) electrons. The van der Waals surface area contributed by atoms with Crippen molar-refractivity contribution >= 4 is 22.6 Å². The predicted molar refractivity (Wildman–Crippen MR) is 162 cm³/mol. The van der Waals surface area contributed by atoms with E-state index < -0.39 is 0 Å². The van der Waals surface area contributed by atoms with Gasteiger partial charge >= 0.3 is 0 Å². The number of piperazine rings is 1. The summed E-state index contributed by atoms with van der Waals surface area (Å²) in [6.07, 6.45) is 5.03. The van der Waals surface area contributed by atoms with Gasteiger partial charge in [0, 0.05) is 96.2 Å². The summed E-state index contributed by atoms with van der Waals surface area (Å²) in [6.45, 7) is 14.3. The van der Waals surface area contributed by atoms with E-state index >= 15 is 0 Å². The first-order valence-electron chi connectivity index (χ1n) is 14.2. The van der Waals surface area contributed by atoms with Gasteiger partial charge in [0.05, 0.1) is 0 Å². The number of carbonyl (C=O) groups is 1. The molecular weight excluding hydrogens is 500 g/mol. The molecule has 1 unspecified atom stereocenters. The predicted octanol–water partition coefficient (Wildman–Crippen LogP) is 4.97. The number of anilines is 1. The molecule has 8 nitrogen and oxygen atoms in total. The summed E-state index contributed by atoms with van der Waals surface area (Å²) in [5.74, 6) is 0.784. The number of aromatic nitrogens is 3. The van der Waals surface area contributed by atoms with Crippen LogP contribution in [0, 0.1) is 20.8 Å². The zero-order valence-electron chi connectivity index (χ0n) is 24.5. The van der Waals surface area contributed by atoms with Crippen molar-refractivity contribution in [2.45, 2.75) is 53.6 Å². The smallest absolute Gasteiger partial charge is 0.252 e. The Labute approximate surface area is 236 Å². The lowest BCUT2D eigenvalue weighted by molar-refractivity contribution is 0.0952. The quantitative estimate of drug-likeness (QED) is 0.346. The van der Waals surface area contributed by atoms with Crippen LogP contribution in [0.2, 0.25) is 0 Å². The van der Waals surface area contributed by atoms with Gasteiger partial charge in [-0.15, -0.1) is 0 Å². The number of nitrogens with zero attached hydrogens (tertiary/aromatic N) is 4. The van der Waals surface area contributed by atoms with E-state index in [9.17, 15) is 9.59 Å². The second-order valence-corrected chi connectivity index (χ2v) is 11.2. The molecule has 1 atom stereocenters. The van der Waals surface area contributed by atoms with E-state index in [2.05, 4.69) is 76.9 Å². The van der Waals surface area contributed by atoms with Crippen LogP contribution in [0.1, 0.15) is 59.2 Å². The van der Waals surface area contributed by atoms with Gasteiger partial charge in [-0.1, -0.05) is 6.92 Å². The minimum atomic E-state index is -0.196. The maximum absolute atomic E-state index is 13.7. The Morgan fingerprint density at radius 3 is 2.48 bits per heavy atom. The van der Waals surface area contributed by atoms with E-state index in [0.29, 0.717) is 11.1 Å². The molecule has 8 heteroatoms. The molecule has 1 fully saturated rings. The van der Waals surface area contributed by atoms with Crippen molar-refractivity contribution in [2.24, 2.45) is 0 Å². The van der Waals surface area contributed by atoms with Crippen LogP contribution in [0.5, 0.6) is 0 Å². The van der Waals surface area contributed by atoms with Gasteiger partial charge in [-0.25, -0.2) is 4.98 Å². The highest BCUT2D eigenvalue weighted by atomic mass is 16.1. The Bertz CT molecular complexity index is 1590. The number of H-pyrrole nitrogens is 1. The number of amides is 1. The fourth-order valence-corrected chi connectivity index (χ4v) is 5.63. The van der Waals surface area contributed by atoms with Crippen molar-refractivity contribution < 1.29 is 4.79 Å². The number of hydrogen-bond acceptors (Lipinski definition) is 5. The molecule has 1 aromatic carbocycles. The molecule has 40 heavy (non-hydrogen) atoms. The fourth-order valence-electron chi connectivity index (χ4n) is 5.63. The zero-order valence-corrected chi connectivity index (χ0v) is 24.5. The van der Waals surface area contributed by atoms with Gasteiger partial charge in [0.15, 0.2) is 5.43 Å². The average molecular weight is 541 g/mol. The number of aromatic amines is 1. The lowest BCUT2D eigenvalue weighted by Gasteiger charge is -2.33. The summed E-state index contributed by atoms with van der Waals surface area (Å²) in [6, 6.07) is 10.2. The maximum Gasteiger partial charge on any atom is 0.252 e. The van der Waals surface area contributed by atoms with Crippen LogP contribution in [0.15, 0.2) is 47.5 Å². The van der Waals surface area contributed by atoms with Gasteiger partial charge in [0.1, 0.15) is 5.82 Å². The third-order valence-electron chi connectivity index (χ3n) is 8.25. The lowest BCUT2D eigenvalue weighted by Crippen LogP contribution is -2.44. The number of rotatable bonds is 7. The van der Waals surface area contributed by atoms with Crippen molar-refractivity contribution in [3.63, 3.8) is 0 Å². The van der Waals surface area contributed by atoms with Gasteiger partial charge in [-0.3, -0.25) is 9.59 Å². The number of hydrogen-bond donors (Lipinski definition) is 2. The molecule has 4 heterocycles. The van der Waals surface area contributed by atoms with Crippen LogP contribution >= 0.6 is 0 Å². The number of pyridine rings is 2. The molecule has 0 spiro atoms. The Hall–Kier alpha value is -3.91. The van der Waals surface area contributed by atoms with Crippen molar-refractivity contribution in [1.29, 1.82) is 0 Å². The first kappa shape index (κ1) is 27.6. The molecule has 210 valence electrons. The third kappa shape index (κ3) is 5.41. The Balaban J connectivity index is 1.52. The molecule has 1 aliphatic rings. The summed E-state index contributed by atoms with van der Waals surface area (Å²) in [5.41, 5.74) is 6.69. The van der Waals surface area contributed by atoms with E-state index in [4.69, 9.17) is 4.98 Å². The zero-order chi connectivity index (χ0) is 28.6. The summed E-state index contributed by atoms with van der Waals surface area (Å²) in [5, 5.41) is 3.97. The van der Waals surface area contributed by atoms with Crippen molar-refractivity contribution in [3.8, 4) is 11.1 Å². The summed E-state index contributed by atoms with van der Waals surface area (Å²) in [7, 11) is 2.15. The third-order valence-corrected chi connectivity index (χ3v) is 8.25. The Morgan fingerprint density at radius 2 is 1.82 bits per heavy atom. The number of likely N-dealkylation sites (N-methyl/N-ethyl adjacent to an activating group) is 1. The van der Waals surface area contributed by atoms with E-state index in [1.807, 2.05) is 26.1 Å². The van der Waals surface area contributed by atoms with Crippen LogP contribution < -0.4 is 15.6 Å². The van der Waals surface area contributed by atoms with E-state index in [1.54, 1.807) is 6.07 Å². The standard InChI is InChI=1S/C32H40N6O2/c1-7-22(4)38-19-20(2)31-26(32(40)34-18-27-23(5)35-21(3)14-29(27)39)15-25(16-28(31)38)24-8-9-30(33-17-24)37-12-10-36(6)11-13-37/h8-9,14-17,19,22H,7,10-13,18H2,1-6H3,(H,34,40)(H,35,39). The number of benzene rings is 1. The van der Waals surface area contributed by atoms with Crippen LogP contribution in [-0.4, -0.2) is 58.6 Å². The molecule has 1 saturated heterocycles. The molecule has 4 aromatic rings. The van der Waals surface area contributed by atoms with Crippen LogP contribution in [-0.2, 0) is 6.54 Å². The first-order chi connectivity index (χ1) is 19.2. The van der Waals surface area contributed by atoms with Gasteiger partial charge < -0.3 is 24.7 Å². The Morgan fingerprint density at radius 1 is 1.07 bits per heavy atom. The average Bonchev–Trinajstić information content (AvgIpc) is 3.28. The van der Waals surface area contributed by atoms with E-state index in [-0.39, 0.29) is 23.9 Å². The van der Waals surface area contributed by atoms with Gasteiger partial charge in [-0.05, 0) is 76.6 Å². The molecule has 1 amide bonds. The largest absolute Gasteiger partial charge is 0.362 e. The fraction of sp³-hybridized carbons (Fsp3) is 0.406. The highest BCUT2D eigenvalue weighted by molar-refractivity contribution is 6.09. The van der Waals surface area contributed by atoms with Gasteiger partial charge in [0.2, 0.25) is 0 Å². The van der Waals surface area contributed by atoms with Crippen molar-refractivity contribution in [1.82, 2.24) is 24.8 Å². The summed E-state index contributed by atoms with van der Waals surface area (Å²) < 4.78 is 2.27. The van der Waals surface area contributed by atoms with Crippen LogP contribution in [0.3, 0.4) is 0 Å². The van der Waals surface area contributed by atoms with Crippen LogP contribution in [0.25, 0.3) is 22.0 Å². The van der Waals surface area contributed by atoms with Crippen LogP contribution in [0.4, 0.5) is 5.82 Å². The molecule has 3 aromatic heterocycles. The second-order valence-electron chi connectivity index (χ2n) is 11.2. The van der Waals surface area contributed by atoms with Gasteiger partial charge in [0.25, 0.3) is 5.91 Å². The molecule has 2 N–H and O–H groups in total. The number of carbonyl (C=O) groups excluding carboxylic acids is 1. The minimum Gasteiger partial charge on any atom is -0.362 e. The lowest BCUT2D eigenvalue weighted by atomic mass is 9.98. The summed E-state index contributed by atoms with van der Waals surface area (Å²) in [4.78, 5) is 39.0. The molecule has 0 aliphatic carbocycles. The Kier molecular flexibility index (Phi) is 7.81. The highest BCUT2D eigenvalue weighted by Crippen LogP contribution is 2.34. The molecule has 0 bridgehead atoms. The highest BCUT2D eigenvalue weighted by Gasteiger charge is 2.21. The topological polar surface area (TPSA) is 86.3 Å². The SMILES string of the molecule is CCC(C)n1cc(C)c2c(C(=O)NCc3c(C)[nH]c(C)cc3=O)cc(-c3ccc(N4CCN(C)CC4)nc3)cc21. The van der Waals surface area contributed by atoms with Crippen molar-refractivity contribution in [3.05, 3.63) is 81.0 Å². The number of aryl methyl sites for hydroxylation is 3. The number of fused-ring (bicyclic) bond motifs is 1.